The number of anilines is 3. The van der Waals surface area contributed by atoms with Gasteiger partial charge in [0.15, 0.2) is 0 Å². The molecule has 0 spiro atoms. The number of hydrogen-bond acceptors (Lipinski definition) is 2. The van der Waals surface area contributed by atoms with Crippen molar-refractivity contribution in [2.75, 3.05) is 4.90 Å². The summed E-state index contributed by atoms with van der Waals surface area (Å²) >= 11 is 0. The highest BCUT2D eigenvalue weighted by Gasteiger charge is 2.19. The van der Waals surface area contributed by atoms with E-state index in [0.717, 1.165) is 61.4 Å². The number of hydrogen-bond donors (Lipinski definition) is 0. The first-order valence-corrected chi connectivity index (χ1v) is 19.8. The maximum absolute atomic E-state index is 6.24. The van der Waals surface area contributed by atoms with Gasteiger partial charge in [0.05, 0.1) is 16.7 Å². The lowest BCUT2D eigenvalue weighted by Crippen LogP contribution is -2.10. The second-order valence-electron chi connectivity index (χ2n) is 15.0. The van der Waals surface area contributed by atoms with Gasteiger partial charge in [0.2, 0.25) is 0 Å². The van der Waals surface area contributed by atoms with Crippen LogP contribution in [0.15, 0.2) is 217 Å². The summed E-state index contributed by atoms with van der Waals surface area (Å²) in [7, 11) is 0. The summed E-state index contributed by atoms with van der Waals surface area (Å²) in [6, 6.07) is 76.3. The zero-order chi connectivity index (χ0) is 38.6. The fourth-order valence-corrected chi connectivity index (χ4v) is 8.75. The molecule has 3 heteroatoms. The van der Waals surface area contributed by atoms with Crippen LogP contribution in [0.2, 0.25) is 0 Å². The number of aromatic nitrogens is 1. The van der Waals surface area contributed by atoms with E-state index in [9.17, 15) is 0 Å². The van der Waals surface area contributed by atoms with E-state index in [-0.39, 0.29) is 0 Å². The van der Waals surface area contributed by atoms with Gasteiger partial charge in [0.1, 0.15) is 11.2 Å². The van der Waals surface area contributed by atoms with Crippen molar-refractivity contribution in [3.05, 3.63) is 218 Å². The van der Waals surface area contributed by atoms with Gasteiger partial charge in [-0.25, -0.2) is 0 Å². The Bertz CT molecular complexity index is 3280. The number of nitrogens with zero attached hydrogens (tertiary/aromatic N) is 2. The van der Waals surface area contributed by atoms with Crippen LogP contribution < -0.4 is 4.90 Å². The maximum Gasteiger partial charge on any atom is 0.136 e. The number of fused-ring (bicyclic) bond motifs is 6. The Kier molecular flexibility index (Phi) is 8.04. The molecule has 0 saturated carbocycles. The van der Waals surface area contributed by atoms with Crippen LogP contribution in [-0.2, 0) is 0 Å². The van der Waals surface area contributed by atoms with Crippen molar-refractivity contribution in [1.29, 1.82) is 0 Å². The quantitative estimate of drug-likeness (QED) is 0.162. The lowest BCUT2D eigenvalue weighted by Gasteiger charge is -2.26. The number of furan rings is 1. The molecule has 0 bridgehead atoms. The zero-order valence-corrected chi connectivity index (χ0v) is 32.0. The fraction of sp³-hybridized carbons (Fsp3) is 0.0182. The van der Waals surface area contributed by atoms with Gasteiger partial charge in [-0.1, -0.05) is 146 Å². The first kappa shape index (κ1) is 33.7. The van der Waals surface area contributed by atoms with Gasteiger partial charge in [0.25, 0.3) is 0 Å². The Morgan fingerprint density at radius 1 is 0.379 bits per heavy atom. The maximum atomic E-state index is 6.24. The van der Waals surface area contributed by atoms with E-state index in [1.807, 2.05) is 12.1 Å². The smallest absolute Gasteiger partial charge is 0.136 e. The van der Waals surface area contributed by atoms with Crippen LogP contribution in [0.25, 0.3) is 82.8 Å². The second kappa shape index (κ2) is 13.8. The summed E-state index contributed by atoms with van der Waals surface area (Å²) in [5.41, 5.74) is 16.9. The molecule has 2 heterocycles. The molecule has 11 aromatic rings. The first-order chi connectivity index (χ1) is 28.7. The van der Waals surface area contributed by atoms with Crippen molar-refractivity contribution in [3.63, 3.8) is 0 Å². The summed E-state index contributed by atoms with van der Waals surface area (Å²) in [5, 5.41) is 4.80. The standard InChI is InChI=1S/C55H38N2O/c1-37-25-34-48-47-18-6-9-22-51(47)57(52(48)35-37)50-21-8-5-17-45(50)39-26-30-42(31-27-39)56(44-16-11-15-41(36-44)38-13-3-2-4-14-38)43-32-28-40(29-33-43)46-20-12-24-54-55(46)49-19-7-10-23-53(49)58-54/h2-36H,1H3. The molecular formula is C55H38N2O. The van der Waals surface area contributed by atoms with Gasteiger partial charge < -0.3 is 13.9 Å². The molecule has 0 radical (unpaired) electrons. The summed E-state index contributed by atoms with van der Waals surface area (Å²) in [6.45, 7) is 2.17. The predicted molar refractivity (Wildman–Crippen MR) is 244 cm³/mol. The van der Waals surface area contributed by atoms with E-state index in [2.05, 4.69) is 217 Å². The van der Waals surface area contributed by atoms with Crippen LogP contribution in [-0.4, -0.2) is 4.57 Å². The van der Waals surface area contributed by atoms with Crippen LogP contribution >= 0.6 is 0 Å². The summed E-state index contributed by atoms with van der Waals surface area (Å²) in [6.07, 6.45) is 0. The summed E-state index contributed by atoms with van der Waals surface area (Å²) in [5.74, 6) is 0. The van der Waals surface area contributed by atoms with Crippen molar-refractivity contribution in [2.24, 2.45) is 0 Å². The van der Waals surface area contributed by atoms with Gasteiger partial charge in [-0.15, -0.1) is 0 Å². The third-order valence-electron chi connectivity index (χ3n) is 11.5. The minimum Gasteiger partial charge on any atom is -0.456 e. The predicted octanol–water partition coefficient (Wildman–Crippen LogP) is 15.5. The lowest BCUT2D eigenvalue weighted by molar-refractivity contribution is 0.669. The Balaban J connectivity index is 1.03. The van der Waals surface area contributed by atoms with E-state index < -0.39 is 0 Å². The molecule has 9 aromatic carbocycles. The largest absolute Gasteiger partial charge is 0.456 e. The van der Waals surface area contributed by atoms with Crippen molar-refractivity contribution in [1.82, 2.24) is 4.57 Å². The van der Waals surface area contributed by atoms with Crippen molar-refractivity contribution in [2.45, 2.75) is 6.92 Å². The fourth-order valence-electron chi connectivity index (χ4n) is 8.75. The monoisotopic (exact) mass is 742 g/mol. The lowest BCUT2D eigenvalue weighted by atomic mass is 9.98. The third-order valence-corrected chi connectivity index (χ3v) is 11.5. The molecule has 274 valence electrons. The second-order valence-corrected chi connectivity index (χ2v) is 15.0. The van der Waals surface area contributed by atoms with Crippen LogP contribution in [0.1, 0.15) is 5.56 Å². The number of aryl methyl sites for hydroxylation is 1. The number of benzene rings is 9. The number of rotatable bonds is 7. The van der Waals surface area contributed by atoms with Gasteiger partial charge in [-0.05, 0) is 107 Å². The Hall–Kier alpha value is -7.62. The van der Waals surface area contributed by atoms with Crippen molar-refractivity contribution in [3.8, 4) is 39.1 Å². The topological polar surface area (TPSA) is 21.3 Å². The SMILES string of the molecule is Cc1ccc2c3ccccc3n(-c3ccccc3-c3ccc(N(c4ccc(-c5cccc6oc7ccccc7c56)cc4)c4cccc(-c5ccccc5)c4)cc3)c2c1. The molecule has 0 amide bonds. The summed E-state index contributed by atoms with van der Waals surface area (Å²) in [4.78, 5) is 2.36. The highest BCUT2D eigenvalue weighted by Crippen LogP contribution is 2.42. The Morgan fingerprint density at radius 2 is 0.983 bits per heavy atom. The number of para-hydroxylation sites is 3. The molecule has 11 rings (SSSR count). The molecule has 58 heavy (non-hydrogen) atoms. The molecule has 0 aliphatic heterocycles. The average molecular weight is 743 g/mol. The van der Waals surface area contributed by atoms with Crippen molar-refractivity contribution < 1.29 is 4.42 Å². The minimum atomic E-state index is 0.900. The van der Waals surface area contributed by atoms with E-state index >= 15 is 0 Å². The molecule has 0 aliphatic carbocycles. The molecule has 2 aromatic heterocycles. The molecule has 0 fully saturated rings. The minimum absolute atomic E-state index is 0.900. The molecule has 0 unspecified atom stereocenters. The molecule has 0 aliphatic rings. The highest BCUT2D eigenvalue weighted by atomic mass is 16.3. The average Bonchev–Trinajstić information content (AvgIpc) is 3.83. The van der Waals surface area contributed by atoms with Crippen LogP contribution in [0.5, 0.6) is 0 Å². The van der Waals surface area contributed by atoms with E-state index in [0.29, 0.717) is 0 Å². The first-order valence-electron chi connectivity index (χ1n) is 19.8. The molecule has 3 nitrogen and oxygen atoms in total. The Labute approximate surface area is 337 Å². The van der Waals surface area contributed by atoms with Gasteiger partial charge in [0, 0.05) is 44.2 Å². The Morgan fingerprint density at radius 3 is 1.79 bits per heavy atom. The molecule has 0 atom stereocenters. The van der Waals surface area contributed by atoms with E-state index in [1.165, 1.54) is 44.1 Å². The highest BCUT2D eigenvalue weighted by molar-refractivity contribution is 6.12. The third kappa shape index (κ3) is 5.67. The molecular weight excluding hydrogens is 705 g/mol. The zero-order valence-electron chi connectivity index (χ0n) is 32.0. The van der Waals surface area contributed by atoms with Crippen molar-refractivity contribution >= 4 is 60.8 Å². The summed E-state index contributed by atoms with van der Waals surface area (Å²) < 4.78 is 8.67. The van der Waals surface area contributed by atoms with Gasteiger partial charge in [-0.3, -0.25) is 0 Å². The van der Waals surface area contributed by atoms with Gasteiger partial charge >= 0.3 is 0 Å². The molecule has 0 N–H and O–H groups in total. The van der Waals surface area contributed by atoms with Crippen LogP contribution in [0.3, 0.4) is 0 Å². The van der Waals surface area contributed by atoms with E-state index in [1.54, 1.807) is 0 Å². The van der Waals surface area contributed by atoms with E-state index in [4.69, 9.17) is 4.42 Å². The van der Waals surface area contributed by atoms with Gasteiger partial charge in [-0.2, -0.15) is 0 Å². The molecule has 0 saturated heterocycles. The normalized spacial score (nSPS) is 11.5. The van der Waals surface area contributed by atoms with Crippen LogP contribution in [0.4, 0.5) is 17.1 Å². The van der Waals surface area contributed by atoms with Crippen LogP contribution in [0, 0.1) is 6.92 Å².